The highest BCUT2D eigenvalue weighted by Crippen LogP contribution is 2.36. The molecular formula is C20H23N3O4. The lowest BCUT2D eigenvalue weighted by Crippen LogP contribution is -2.42. The van der Waals surface area contributed by atoms with E-state index in [0.29, 0.717) is 49.5 Å². The molecule has 2 fully saturated rings. The van der Waals surface area contributed by atoms with Crippen molar-refractivity contribution in [2.45, 2.75) is 18.9 Å². The Morgan fingerprint density at radius 3 is 2.56 bits per heavy atom. The van der Waals surface area contributed by atoms with E-state index >= 15 is 0 Å². The van der Waals surface area contributed by atoms with Gasteiger partial charge in [-0.15, -0.1) is 0 Å². The molecule has 2 aromatic rings. The maximum atomic E-state index is 12.5. The van der Waals surface area contributed by atoms with Crippen LogP contribution in [-0.4, -0.2) is 54.2 Å². The summed E-state index contributed by atoms with van der Waals surface area (Å²) < 4.78 is 12.8. The van der Waals surface area contributed by atoms with Crippen LogP contribution in [0.4, 0.5) is 5.69 Å². The third-order valence-corrected chi connectivity index (χ3v) is 4.79. The normalized spacial score (nSPS) is 16.8. The largest absolute Gasteiger partial charge is 0.484 e. The van der Waals surface area contributed by atoms with Crippen molar-refractivity contribution in [1.82, 2.24) is 9.47 Å². The van der Waals surface area contributed by atoms with Gasteiger partial charge in [0, 0.05) is 31.0 Å². The lowest BCUT2D eigenvalue weighted by atomic mass is 10.3. The number of morpholine rings is 1. The number of aromatic nitrogens is 1. The Morgan fingerprint density at radius 2 is 1.85 bits per heavy atom. The second-order valence-electron chi connectivity index (χ2n) is 6.79. The first-order valence-electron chi connectivity index (χ1n) is 9.27. The number of nitrogens with zero attached hydrogens (tertiary/aromatic N) is 2. The Balaban J connectivity index is 1.30. The number of anilines is 1. The van der Waals surface area contributed by atoms with Gasteiger partial charge in [-0.3, -0.25) is 9.59 Å². The van der Waals surface area contributed by atoms with Gasteiger partial charge in [0.15, 0.2) is 6.61 Å². The molecule has 2 aliphatic rings. The van der Waals surface area contributed by atoms with Gasteiger partial charge in [-0.05, 0) is 49.2 Å². The summed E-state index contributed by atoms with van der Waals surface area (Å²) in [4.78, 5) is 26.3. The first-order chi connectivity index (χ1) is 13.2. The summed E-state index contributed by atoms with van der Waals surface area (Å²) in [5.74, 6) is 0.426. The molecule has 7 nitrogen and oxygen atoms in total. The number of carbonyl (C=O) groups excluding carboxylic acids is 2. The van der Waals surface area contributed by atoms with Crippen LogP contribution in [0.25, 0.3) is 0 Å². The fourth-order valence-electron chi connectivity index (χ4n) is 3.14. The number of benzene rings is 1. The Bertz CT molecular complexity index is 805. The highest BCUT2D eigenvalue weighted by Gasteiger charge is 2.26. The maximum Gasteiger partial charge on any atom is 0.272 e. The molecular weight excluding hydrogens is 346 g/mol. The summed E-state index contributed by atoms with van der Waals surface area (Å²) >= 11 is 0. The second-order valence-corrected chi connectivity index (χ2v) is 6.79. The number of hydrogen-bond donors (Lipinski definition) is 1. The smallest absolute Gasteiger partial charge is 0.272 e. The molecule has 1 saturated heterocycles. The molecule has 2 amide bonds. The molecule has 1 aromatic heterocycles. The summed E-state index contributed by atoms with van der Waals surface area (Å²) in [7, 11) is 0. The first kappa shape index (κ1) is 17.6. The van der Waals surface area contributed by atoms with Crippen LogP contribution in [0.15, 0.2) is 42.6 Å². The zero-order valence-electron chi connectivity index (χ0n) is 15.1. The molecule has 0 bridgehead atoms. The minimum atomic E-state index is -0.122. The van der Waals surface area contributed by atoms with Crippen LogP contribution in [0.1, 0.15) is 29.4 Å². The predicted molar refractivity (Wildman–Crippen MR) is 100.0 cm³/mol. The lowest BCUT2D eigenvalue weighted by molar-refractivity contribution is -0.137. The summed E-state index contributed by atoms with van der Waals surface area (Å²) in [5, 5.41) is 2.91. The van der Waals surface area contributed by atoms with Crippen LogP contribution < -0.4 is 10.1 Å². The summed E-state index contributed by atoms with van der Waals surface area (Å²) in [6.07, 6.45) is 4.21. The third kappa shape index (κ3) is 4.31. The molecule has 1 saturated carbocycles. The van der Waals surface area contributed by atoms with Gasteiger partial charge in [0.05, 0.1) is 13.2 Å². The molecule has 0 unspecified atom stereocenters. The van der Waals surface area contributed by atoms with Crippen molar-refractivity contribution >= 4 is 17.5 Å². The van der Waals surface area contributed by atoms with Crippen molar-refractivity contribution in [2.24, 2.45) is 0 Å². The van der Waals surface area contributed by atoms with Gasteiger partial charge in [-0.1, -0.05) is 0 Å². The van der Waals surface area contributed by atoms with Crippen LogP contribution in [0.2, 0.25) is 0 Å². The molecule has 0 spiro atoms. The molecule has 1 aliphatic heterocycles. The SMILES string of the molecule is O=C(Nc1ccc(OCC(=O)N2CCOCC2)cc1)c1cccn1C1CC1. The van der Waals surface area contributed by atoms with Gasteiger partial charge < -0.3 is 24.3 Å². The van der Waals surface area contributed by atoms with E-state index in [0.717, 1.165) is 12.8 Å². The van der Waals surface area contributed by atoms with Crippen molar-refractivity contribution in [3.8, 4) is 5.75 Å². The molecule has 1 aromatic carbocycles. The number of ether oxygens (including phenoxy) is 2. The Morgan fingerprint density at radius 1 is 1.11 bits per heavy atom. The molecule has 7 heteroatoms. The first-order valence-corrected chi connectivity index (χ1v) is 9.27. The molecule has 0 radical (unpaired) electrons. The lowest BCUT2D eigenvalue weighted by Gasteiger charge is -2.26. The quantitative estimate of drug-likeness (QED) is 0.848. The van der Waals surface area contributed by atoms with E-state index in [1.54, 1.807) is 29.2 Å². The van der Waals surface area contributed by atoms with E-state index in [2.05, 4.69) is 5.32 Å². The molecule has 4 rings (SSSR count). The van der Waals surface area contributed by atoms with Gasteiger partial charge in [-0.2, -0.15) is 0 Å². The van der Waals surface area contributed by atoms with Crippen LogP contribution in [-0.2, 0) is 9.53 Å². The van der Waals surface area contributed by atoms with Crippen LogP contribution in [0, 0.1) is 0 Å². The summed E-state index contributed by atoms with van der Waals surface area (Å²) in [6.45, 7) is 2.36. The number of amides is 2. The highest BCUT2D eigenvalue weighted by molar-refractivity contribution is 6.03. The fraction of sp³-hybridized carbons (Fsp3) is 0.400. The zero-order chi connectivity index (χ0) is 18.6. The molecule has 1 N–H and O–H groups in total. The van der Waals surface area contributed by atoms with E-state index in [1.165, 1.54) is 0 Å². The van der Waals surface area contributed by atoms with Crippen LogP contribution in [0.5, 0.6) is 5.75 Å². The van der Waals surface area contributed by atoms with E-state index < -0.39 is 0 Å². The van der Waals surface area contributed by atoms with Crippen molar-refractivity contribution < 1.29 is 19.1 Å². The average Bonchev–Trinajstić information content (AvgIpc) is 3.44. The third-order valence-electron chi connectivity index (χ3n) is 4.79. The van der Waals surface area contributed by atoms with E-state index in [4.69, 9.17) is 9.47 Å². The number of nitrogens with one attached hydrogen (secondary N) is 1. The number of rotatable bonds is 6. The van der Waals surface area contributed by atoms with Crippen molar-refractivity contribution in [1.29, 1.82) is 0 Å². The molecule has 142 valence electrons. The summed E-state index contributed by atoms with van der Waals surface area (Å²) in [6, 6.07) is 11.2. The topological polar surface area (TPSA) is 72.8 Å². The minimum Gasteiger partial charge on any atom is -0.484 e. The van der Waals surface area contributed by atoms with Gasteiger partial charge in [0.1, 0.15) is 11.4 Å². The Kier molecular flexibility index (Phi) is 5.11. The van der Waals surface area contributed by atoms with Crippen LogP contribution >= 0.6 is 0 Å². The van der Waals surface area contributed by atoms with E-state index in [-0.39, 0.29) is 18.4 Å². The highest BCUT2D eigenvalue weighted by atomic mass is 16.5. The Hall–Kier alpha value is -2.80. The van der Waals surface area contributed by atoms with Gasteiger partial charge in [-0.25, -0.2) is 0 Å². The molecule has 1 aliphatic carbocycles. The van der Waals surface area contributed by atoms with Gasteiger partial charge in [0.2, 0.25) is 0 Å². The second kappa shape index (κ2) is 7.84. The molecule has 0 atom stereocenters. The molecule has 2 heterocycles. The van der Waals surface area contributed by atoms with E-state index in [9.17, 15) is 9.59 Å². The monoisotopic (exact) mass is 369 g/mol. The van der Waals surface area contributed by atoms with Crippen molar-refractivity contribution in [3.63, 3.8) is 0 Å². The number of hydrogen-bond acceptors (Lipinski definition) is 4. The van der Waals surface area contributed by atoms with Gasteiger partial charge >= 0.3 is 0 Å². The van der Waals surface area contributed by atoms with Gasteiger partial charge in [0.25, 0.3) is 11.8 Å². The number of carbonyl (C=O) groups is 2. The Labute approximate surface area is 157 Å². The standard InChI is InChI=1S/C20H23N3O4/c24-19(22-10-12-26-13-11-22)14-27-17-7-3-15(4-8-17)21-20(25)18-2-1-9-23(18)16-5-6-16/h1-4,7-9,16H,5-6,10-14H2,(H,21,25). The summed E-state index contributed by atoms with van der Waals surface area (Å²) in [5.41, 5.74) is 1.37. The molecule has 27 heavy (non-hydrogen) atoms. The van der Waals surface area contributed by atoms with E-state index in [1.807, 2.05) is 22.9 Å². The maximum absolute atomic E-state index is 12.5. The van der Waals surface area contributed by atoms with Crippen molar-refractivity contribution in [3.05, 3.63) is 48.3 Å². The minimum absolute atomic E-state index is 0.000605. The zero-order valence-corrected chi connectivity index (χ0v) is 15.1. The fourth-order valence-corrected chi connectivity index (χ4v) is 3.14. The van der Waals surface area contributed by atoms with Crippen molar-refractivity contribution in [2.75, 3.05) is 38.2 Å². The average molecular weight is 369 g/mol. The van der Waals surface area contributed by atoms with Crippen LogP contribution in [0.3, 0.4) is 0 Å². The predicted octanol–water partition coefficient (Wildman–Crippen LogP) is 2.31.